The third-order valence-electron chi connectivity index (χ3n) is 3.19. The van der Waals surface area contributed by atoms with E-state index in [0.29, 0.717) is 18.8 Å². The number of nitrogens with zero attached hydrogens (tertiary/aromatic N) is 2. The molecule has 5 nitrogen and oxygen atoms in total. The molecule has 102 valence electrons. The molecule has 1 aromatic heterocycles. The SMILES string of the molecule is O=C(CN1CCCCCCC1=O)Nc1ccccn1. The predicted octanol–water partition coefficient (Wildman–Crippen LogP) is 1.81. The van der Waals surface area contributed by atoms with Gasteiger partial charge in [0.1, 0.15) is 5.82 Å². The first-order valence-electron chi connectivity index (χ1n) is 6.74. The highest BCUT2D eigenvalue weighted by Crippen LogP contribution is 2.11. The lowest BCUT2D eigenvalue weighted by Crippen LogP contribution is -2.39. The molecule has 0 aliphatic carbocycles. The largest absolute Gasteiger partial charge is 0.333 e. The zero-order chi connectivity index (χ0) is 13.5. The first-order chi connectivity index (χ1) is 9.25. The van der Waals surface area contributed by atoms with Crippen molar-refractivity contribution in [2.45, 2.75) is 32.1 Å². The maximum Gasteiger partial charge on any atom is 0.245 e. The van der Waals surface area contributed by atoms with Gasteiger partial charge in [0.2, 0.25) is 11.8 Å². The molecule has 0 atom stereocenters. The fourth-order valence-corrected chi connectivity index (χ4v) is 2.17. The van der Waals surface area contributed by atoms with Crippen molar-refractivity contribution in [2.24, 2.45) is 0 Å². The number of aromatic nitrogens is 1. The van der Waals surface area contributed by atoms with Gasteiger partial charge in [0, 0.05) is 19.2 Å². The van der Waals surface area contributed by atoms with Crippen molar-refractivity contribution >= 4 is 17.6 Å². The molecule has 0 radical (unpaired) electrons. The summed E-state index contributed by atoms with van der Waals surface area (Å²) in [6.07, 6.45) is 6.32. The summed E-state index contributed by atoms with van der Waals surface area (Å²) in [6.45, 7) is 0.796. The van der Waals surface area contributed by atoms with Gasteiger partial charge in [-0.3, -0.25) is 9.59 Å². The van der Waals surface area contributed by atoms with E-state index in [1.807, 2.05) is 6.07 Å². The van der Waals surface area contributed by atoms with E-state index >= 15 is 0 Å². The standard InChI is InChI=1S/C14H19N3O2/c18-13(16-12-7-4-5-9-15-12)11-17-10-6-2-1-3-8-14(17)19/h4-5,7,9H,1-3,6,8,10-11H2,(H,15,16,18). The van der Waals surface area contributed by atoms with E-state index in [2.05, 4.69) is 10.3 Å². The molecule has 1 fully saturated rings. The number of pyridine rings is 1. The van der Waals surface area contributed by atoms with Gasteiger partial charge in [-0.2, -0.15) is 0 Å². The Morgan fingerprint density at radius 2 is 2.11 bits per heavy atom. The first-order valence-corrected chi connectivity index (χ1v) is 6.74. The molecule has 2 rings (SSSR count). The summed E-state index contributed by atoms with van der Waals surface area (Å²) in [5.41, 5.74) is 0. The molecule has 0 spiro atoms. The minimum absolute atomic E-state index is 0.0795. The van der Waals surface area contributed by atoms with E-state index in [1.54, 1.807) is 23.2 Å². The summed E-state index contributed by atoms with van der Waals surface area (Å²) < 4.78 is 0. The normalized spacial score (nSPS) is 16.6. The highest BCUT2D eigenvalue weighted by Gasteiger charge is 2.18. The Labute approximate surface area is 113 Å². The van der Waals surface area contributed by atoms with Crippen molar-refractivity contribution < 1.29 is 9.59 Å². The van der Waals surface area contributed by atoms with Crippen LogP contribution in [-0.2, 0) is 9.59 Å². The van der Waals surface area contributed by atoms with Gasteiger partial charge in [0.25, 0.3) is 0 Å². The van der Waals surface area contributed by atoms with Crippen LogP contribution in [0.3, 0.4) is 0 Å². The predicted molar refractivity (Wildman–Crippen MR) is 72.5 cm³/mol. The second-order valence-electron chi connectivity index (χ2n) is 4.74. The van der Waals surface area contributed by atoms with Gasteiger partial charge < -0.3 is 10.2 Å². The summed E-state index contributed by atoms with van der Waals surface area (Å²) in [6, 6.07) is 5.33. The number of hydrogen-bond donors (Lipinski definition) is 1. The second-order valence-corrected chi connectivity index (χ2v) is 4.74. The Hall–Kier alpha value is -1.91. The number of carbonyl (C=O) groups excluding carboxylic acids is 2. The van der Waals surface area contributed by atoms with Gasteiger partial charge in [0.15, 0.2) is 0 Å². The first kappa shape index (κ1) is 13.5. The van der Waals surface area contributed by atoms with Crippen molar-refractivity contribution in [3.63, 3.8) is 0 Å². The number of nitrogens with one attached hydrogen (secondary N) is 1. The summed E-state index contributed by atoms with van der Waals surface area (Å²) >= 11 is 0. The van der Waals surface area contributed by atoms with Crippen molar-refractivity contribution in [2.75, 3.05) is 18.4 Å². The van der Waals surface area contributed by atoms with Crippen LogP contribution in [0, 0.1) is 0 Å². The topological polar surface area (TPSA) is 62.3 Å². The molecule has 1 aromatic rings. The summed E-state index contributed by atoms with van der Waals surface area (Å²) in [7, 11) is 0. The van der Waals surface area contributed by atoms with E-state index in [-0.39, 0.29) is 18.4 Å². The van der Waals surface area contributed by atoms with Crippen LogP contribution in [0.2, 0.25) is 0 Å². The van der Waals surface area contributed by atoms with Crippen LogP contribution in [0.25, 0.3) is 0 Å². The van der Waals surface area contributed by atoms with E-state index < -0.39 is 0 Å². The van der Waals surface area contributed by atoms with Gasteiger partial charge >= 0.3 is 0 Å². The van der Waals surface area contributed by atoms with Crippen LogP contribution >= 0.6 is 0 Å². The quantitative estimate of drug-likeness (QED) is 0.902. The number of anilines is 1. The molecular formula is C14H19N3O2. The molecule has 1 aliphatic rings. The van der Waals surface area contributed by atoms with Gasteiger partial charge in [-0.1, -0.05) is 18.9 Å². The highest BCUT2D eigenvalue weighted by molar-refractivity contribution is 5.93. The fraction of sp³-hybridized carbons (Fsp3) is 0.500. The second kappa shape index (κ2) is 6.87. The monoisotopic (exact) mass is 261 g/mol. The van der Waals surface area contributed by atoms with E-state index in [0.717, 1.165) is 25.7 Å². The third-order valence-corrected chi connectivity index (χ3v) is 3.19. The molecule has 0 aromatic carbocycles. The molecule has 5 heteroatoms. The van der Waals surface area contributed by atoms with Crippen LogP contribution in [0.4, 0.5) is 5.82 Å². The molecule has 19 heavy (non-hydrogen) atoms. The van der Waals surface area contributed by atoms with Crippen LogP contribution in [0.5, 0.6) is 0 Å². The van der Waals surface area contributed by atoms with Crippen molar-refractivity contribution in [1.29, 1.82) is 0 Å². The maximum atomic E-state index is 11.9. The lowest BCUT2D eigenvalue weighted by Gasteiger charge is -2.24. The Morgan fingerprint density at radius 1 is 1.26 bits per heavy atom. The molecule has 0 bridgehead atoms. The molecule has 1 aliphatic heterocycles. The van der Waals surface area contributed by atoms with Crippen molar-refractivity contribution in [3.05, 3.63) is 24.4 Å². The lowest BCUT2D eigenvalue weighted by molar-refractivity contribution is -0.135. The fourth-order valence-electron chi connectivity index (χ4n) is 2.17. The van der Waals surface area contributed by atoms with Crippen molar-refractivity contribution in [1.82, 2.24) is 9.88 Å². The van der Waals surface area contributed by atoms with Gasteiger partial charge in [-0.25, -0.2) is 4.98 Å². The van der Waals surface area contributed by atoms with Gasteiger partial charge in [0.05, 0.1) is 6.54 Å². The third kappa shape index (κ3) is 4.35. The number of likely N-dealkylation sites (tertiary alicyclic amines) is 1. The van der Waals surface area contributed by atoms with Crippen molar-refractivity contribution in [3.8, 4) is 0 Å². The average molecular weight is 261 g/mol. The molecule has 1 saturated heterocycles. The zero-order valence-corrected chi connectivity index (χ0v) is 11.0. The van der Waals surface area contributed by atoms with Crippen LogP contribution in [0.1, 0.15) is 32.1 Å². The molecule has 1 N–H and O–H groups in total. The minimum Gasteiger partial charge on any atom is -0.333 e. The Kier molecular flexibility index (Phi) is 4.89. The molecule has 0 saturated carbocycles. The Balaban J connectivity index is 1.88. The summed E-state index contributed by atoms with van der Waals surface area (Å²) in [4.78, 5) is 29.4. The number of hydrogen-bond acceptors (Lipinski definition) is 3. The molecule has 0 unspecified atom stereocenters. The Morgan fingerprint density at radius 3 is 2.89 bits per heavy atom. The average Bonchev–Trinajstić information content (AvgIpc) is 2.40. The number of amides is 2. The Bertz CT molecular complexity index is 434. The van der Waals surface area contributed by atoms with E-state index in [1.165, 1.54) is 0 Å². The van der Waals surface area contributed by atoms with Crippen LogP contribution in [-0.4, -0.2) is 34.8 Å². The van der Waals surface area contributed by atoms with Crippen LogP contribution in [0.15, 0.2) is 24.4 Å². The smallest absolute Gasteiger partial charge is 0.245 e. The highest BCUT2D eigenvalue weighted by atomic mass is 16.2. The minimum atomic E-state index is -0.187. The summed E-state index contributed by atoms with van der Waals surface area (Å²) in [5, 5.41) is 2.70. The van der Waals surface area contributed by atoms with E-state index in [9.17, 15) is 9.59 Å². The molecule has 2 heterocycles. The number of rotatable bonds is 3. The molecular weight excluding hydrogens is 242 g/mol. The maximum absolute atomic E-state index is 11.9. The summed E-state index contributed by atoms with van der Waals surface area (Å²) in [5.74, 6) is 0.412. The lowest BCUT2D eigenvalue weighted by atomic mass is 10.1. The van der Waals surface area contributed by atoms with Crippen LogP contribution < -0.4 is 5.32 Å². The van der Waals surface area contributed by atoms with Gasteiger partial charge in [-0.05, 0) is 25.0 Å². The van der Waals surface area contributed by atoms with E-state index in [4.69, 9.17) is 0 Å². The molecule has 2 amide bonds. The van der Waals surface area contributed by atoms with Gasteiger partial charge in [-0.15, -0.1) is 0 Å². The number of carbonyl (C=O) groups is 2. The zero-order valence-electron chi connectivity index (χ0n) is 11.0.